The Morgan fingerprint density at radius 2 is 2.17 bits per heavy atom. The second kappa shape index (κ2) is 6.64. The van der Waals surface area contributed by atoms with Gasteiger partial charge in [0.05, 0.1) is 13.4 Å². The van der Waals surface area contributed by atoms with Crippen LogP contribution in [-0.2, 0) is 14.3 Å². The quantitative estimate of drug-likeness (QED) is 0.637. The Hall–Kier alpha value is -2.04. The Balaban J connectivity index is 2.59. The third kappa shape index (κ3) is 4.08. The lowest BCUT2D eigenvalue weighted by molar-refractivity contribution is -0.145. The summed E-state index contributed by atoms with van der Waals surface area (Å²) in [7, 11) is 1.29. The van der Waals surface area contributed by atoms with E-state index in [2.05, 4.69) is 10.1 Å². The molecule has 1 aromatic rings. The summed E-state index contributed by atoms with van der Waals surface area (Å²) in [5, 5.41) is 2.59. The second-order valence-electron chi connectivity index (χ2n) is 4.10. The largest absolute Gasteiger partial charge is 0.467 e. The van der Waals surface area contributed by atoms with Gasteiger partial charge >= 0.3 is 5.97 Å². The number of rotatable bonds is 5. The average molecular weight is 251 g/mol. The van der Waals surface area contributed by atoms with Gasteiger partial charge in [-0.3, -0.25) is 4.79 Å². The first-order valence-corrected chi connectivity index (χ1v) is 5.64. The number of amides is 1. The van der Waals surface area contributed by atoms with Crippen LogP contribution in [0, 0.1) is 5.92 Å². The SMILES string of the molecule is COC(=O)C(NC(=O)/C=C/c1ccco1)C(C)C. The zero-order chi connectivity index (χ0) is 13.5. The lowest BCUT2D eigenvalue weighted by atomic mass is 10.0. The highest BCUT2D eigenvalue weighted by Crippen LogP contribution is 2.05. The minimum Gasteiger partial charge on any atom is -0.467 e. The highest BCUT2D eigenvalue weighted by molar-refractivity contribution is 5.94. The highest BCUT2D eigenvalue weighted by atomic mass is 16.5. The van der Waals surface area contributed by atoms with E-state index >= 15 is 0 Å². The molecule has 0 aliphatic heterocycles. The van der Waals surface area contributed by atoms with Crippen molar-refractivity contribution in [2.75, 3.05) is 7.11 Å². The van der Waals surface area contributed by atoms with Crippen molar-refractivity contribution in [3.63, 3.8) is 0 Å². The number of methoxy groups -OCH3 is 1. The molecule has 1 aromatic heterocycles. The molecule has 0 saturated heterocycles. The van der Waals surface area contributed by atoms with Crippen LogP contribution < -0.4 is 5.32 Å². The van der Waals surface area contributed by atoms with E-state index in [0.717, 1.165) is 0 Å². The zero-order valence-electron chi connectivity index (χ0n) is 10.7. The fourth-order valence-electron chi connectivity index (χ4n) is 1.37. The molecule has 0 aliphatic rings. The van der Waals surface area contributed by atoms with Gasteiger partial charge in [-0.15, -0.1) is 0 Å². The molecule has 98 valence electrons. The van der Waals surface area contributed by atoms with Crippen LogP contribution in [0.5, 0.6) is 0 Å². The number of esters is 1. The molecule has 0 bridgehead atoms. The highest BCUT2D eigenvalue weighted by Gasteiger charge is 2.23. The first-order chi connectivity index (χ1) is 8.54. The molecule has 0 spiro atoms. The molecular weight excluding hydrogens is 234 g/mol. The molecule has 1 amide bonds. The molecule has 1 N–H and O–H groups in total. The molecule has 5 heteroatoms. The summed E-state index contributed by atoms with van der Waals surface area (Å²) < 4.78 is 9.68. The first-order valence-electron chi connectivity index (χ1n) is 5.64. The third-order valence-corrected chi connectivity index (χ3v) is 2.36. The van der Waals surface area contributed by atoms with Gasteiger partial charge in [0.1, 0.15) is 11.8 Å². The van der Waals surface area contributed by atoms with E-state index in [1.54, 1.807) is 12.1 Å². The van der Waals surface area contributed by atoms with Gasteiger partial charge in [-0.05, 0) is 24.1 Å². The maximum absolute atomic E-state index is 11.6. The van der Waals surface area contributed by atoms with Crippen LogP contribution in [0.15, 0.2) is 28.9 Å². The Labute approximate surface area is 106 Å². The summed E-state index contributed by atoms with van der Waals surface area (Å²) >= 11 is 0. The molecule has 0 radical (unpaired) electrons. The monoisotopic (exact) mass is 251 g/mol. The minimum absolute atomic E-state index is 0.0431. The molecular formula is C13H17NO4. The maximum Gasteiger partial charge on any atom is 0.328 e. The minimum atomic E-state index is -0.649. The summed E-state index contributed by atoms with van der Waals surface area (Å²) in [5.41, 5.74) is 0. The summed E-state index contributed by atoms with van der Waals surface area (Å²) in [6, 6.07) is 2.80. The van der Waals surface area contributed by atoms with Gasteiger partial charge in [-0.25, -0.2) is 4.79 Å². The number of hydrogen-bond donors (Lipinski definition) is 1. The number of hydrogen-bond acceptors (Lipinski definition) is 4. The van der Waals surface area contributed by atoms with E-state index in [1.807, 2.05) is 13.8 Å². The lowest BCUT2D eigenvalue weighted by Gasteiger charge is -2.18. The Bertz CT molecular complexity index is 420. The molecule has 1 atom stereocenters. The fourth-order valence-corrected chi connectivity index (χ4v) is 1.37. The molecule has 18 heavy (non-hydrogen) atoms. The molecule has 1 heterocycles. The summed E-state index contributed by atoms with van der Waals surface area (Å²) in [4.78, 5) is 23.1. The fraction of sp³-hybridized carbons (Fsp3) is 0.385. The van der Waals surface area contributed by atoms with Crippen molar-refractivity contribution in [3.8, 4) is 0 Å². The second-order valence-corrected chi connectivity index (χ2v) is 4.10. The number of carbonyl (C=O) groups excluding carboxylic acids is 2. The summed E-state index contributed by atoms with van der Waals surface area (Å²) in [6.07, 6.45) is 4.37. The van der Waals surface area contributed by atoms with Gasteiger partial charge in [0, 0.05) is 6.08 Å². The zero-order valence-corrected chi connectivity index (χ0v) is 10.7. The van der Waals surface area contributed by atoms with Crippen LogP contribution in [0.2, 0.25) is 0 Å². The van der Waals surface area contributed by atoms with Gasteiger partial charge in [-0.2, -0.15) is 0 Å². The predicted molar refractivity (Wildman–Crippen MR) is 66.5 cm³/mol. The normalized spacial score (nSPS) is 12.7. The van der Waals surface area contributed by atoms with E-state index < -0.39 is 12.0 Å². The Morgan fingerprint density at radius 3 is 2.67 bits per heavy atom. The standard InChI is InChI=1S/C13H17NO4/c1-9(2)12(13(16)17-3)14-11(15)7-6-10-5-4-8-18-10/h4-9,12H,1-3H3,(H,14,15)/b7-6+. The van der Waals surface area contributed by atoms with E-state index in [4.69, 9.17) is 4.42 Å². The molecule has 1 unspecified atom stereocenters. The first kappa shape index (κ1) is 14.0. The predicted octanol–water partition coefficient (Wildman–Crippen LogP) is 1.61. The topological polar surface area (TPSA) is 68.5 Å². The molecule has 5 nitrogen and oxygen atoms in total. The van der Waals surface area contributed by atoms with Gasteiger partial charge < -0.3 is 14.5 Å². The van der Waals surface area contributed by atoms with Crippen molar-refractivity contribution < 1.29 is 18.7 Å². The third-order valence-electron chi connectivity index (χ3n) is 2.36. The number of furan rings is 1. The smallest absolute Gasteiger partial charge is 0.328 e. The van der Waals surface area contributed by atoms with Gasteiger partial charge in [0.2, 0.25) is 5.91 Å². The molecule has 0 aliphatic carbocycles. The summed E-state index contributed by atoms with van der Waals surface area (Å²) in [6.45, 7) is 3.66. The number of ether oxygens (including phenoxy) is 1. The molecule has 0 fully saturated rings. The lowest BCUT2D eigenvalue weighted by Crippen LogP contribution is -2.44. The van der Waals surface area contributed by atoms with Crippen LogP contribution in [0.3, 0.4) is 0 Å². The van der Waals surface area contributed by atoms with E-state index in [1.165, 1.54) is 25.5 Å². The number of carbonyl (C=O) groups is 2. The number of nitrogens with one attached hydrogen (secondary N) is 1. The van der Waals surface area contributed by atoms with Crippen LogP contribution in [-0.4, -0.2) is 25.0 Å². The Kier molecular flexibility index (Phi) is 5.17. The van der Waals surface area contributed by atoms with E-state index in [9.17, 15) is 9.59 Å². The van der Waals surface area contributed by atoms with Crippen molar-refractivity contribution in [1.82, 2.24) is 5.32 Å². The average Bonchev–Trinajstić information content (AvgIpc) is 2.85. The van der Waals surface area contributed by atoms with E-state index in [0.29, 0.717) is 5.76 Å². The van der Waals surface area contributed by atoms with Gasteiger partial charge in [0.25, 0.3) is 0 Å². The maximum atomic E-state index is 11.6. The van der Waals surface area contributed by atoms with Crippen molar-refractivity contribution in [1.29, 1.82) is 0 Å². The van der Waals surface area contributed by atoms with E-state index in [-0.39, 0.29) is 11.8 Å². The molecule has 0 saturated carbocycles. The van der Waals surface area contributed by atoms with Crippen molar-refractivity contribution in [2.24, 2.45) is 5.92 Å². The van der Waals surface area contributed by atoms with Crippen molar-refractivity contribution in [3.05, 3.63) is 30.2 Å². The molecule has 0 aromatic carbocycles. The summed E-state index contributed by atoms with van der Waals surface area (Å²) in [5.74, 6) is -0.289. The van der Waals surface area contributed by atoms with Gasteiger partial charge in [-0.1, -0.05) is 13.8 Å². The van der Waals surface area contributed by atoms with Crippen molar-refractivity contribution >= 4 is 18.0 Å². The molecule has 1 rings (SSSR count). The van der Waals surface area contributed by atoms with Gasteiger partial charge in [0.15, 0.2) is 0 Å². The van der Waals surface area contributed by atoms with Crippen molar-refractivity contribution in [2.45, 2.75) is 19.9 Å². The van der Waals surface area contributed by atoms with Crippen LogP contribution in [0.1, 0.15) is 19.6 Å². The van der Waals surface area contributed by atoms with Crippen LogP contribution in [0.25, 0.3) is 6.08 Å². The van der Waals surface area contributed by atoms with Crippen LogP contribution >= 0.6 is 0 Å². The van der Waals surface area contributed by atoms with Crippen LogP contribution in [0.4, 0.5) is 0 Å². The Morgan fingerprint density at radius 1 is 1.44 bits per heavy atom.